The smallest absolute Gasteiger partial charge is 0.254 e. The van der Waals surface area contributed by atoms with Crippen molar-refractivity contribution in [2.45, 2.75) is 25.8 Å². The minimum absolute atomic E-state index is 0.0204. The van der Waals surface area contributed by atoms with Crippen molar-refractivity contribution in [2.75, 3.05) is 26.9 Å². The number of benzene rings is 1. The standard InChI is InChI=1S/C17H21NO3/c1-13-14(6-4-10-19)5-3-7-16(13)17(20)18(2)15-8-11-21-12-9-15/h3,5,7,15,19H,8-12H2,1-2H3. The molecule has 1 aliphatic rings. The number of ether oxygens (including phenoxy) is 1. The first-order valence-corrected chi connectivity index (χ1v) is 7.19. The molecule has 2 rings (SSSR count). The van der Waals surface area contributed by atoms with Gasteiger partial charge in [-0.05, 0) is 37.5 Å². The molecule has 1 aromatic carbocycles. The van der Waals surface area contributed by atoms with Crippen molar-refractivity contribution in [3.63, 3.8) is 0 Å². The zero-order valence-corrected chi connectivity index (χ0v) is 12.6. The highest BCUT2D eigenvalue weighted by Gasteiger charge is 2.24. The molecule has 1 N–H and O–H groups in total. The van der Waals surface area contributed by atoms with Crippen LogP contribution in [0.4, 0.5) is 0 Å². The van der Waals surface area contributed by atoms with Crippen LogP contribution < -0.4 is 0 Å². The SMILES string of the molecule is Cc1c(C#CCO)cccc1C(=O)N(C)C1CCOCC1. The van der Waals surface area contributed by atoms with Gasteiger partial charge in [0.25, 0.3) is 5.91 Å². The van der Waals surface area contributed by atoms with Crippen LogP contribution in [0.15, 0.2) is 18.2 Å². The Kier molecular flexibility index (Phi) is 5.38. The van der Waals surface area contributed by atoms with Crippen molar-refractivity contribution in [1.29, 1.82) is 0 Å². The molecular formula is C17H21NO3. The molecule has 0 unspecified atom stereocenters. The third-order valence-corrected chi connectivity index (χ3v) is 3.93. The van der Waals surface area contributed by atoms with Crippen LogP contribution in [0.2, 0.25) is 0 Å². The summed E-state index contributed by atoms with van der Waals surface area (Å²) < 4.78 is 5.34. The first-order chi connectivity index (χ1) is 10.1. The number of amides is 1. The first kappa shape index (κ1) is 15.6. The van der Waals surface area contributed by atoms with Gasteiger partial charge in [0.05, 0.1) is 0 Å². The first-order valence-electron chi connectivity index (χ1n) is 7.19. The molecule has 1 heterocycles. The molecule has 0 bridgehead atoms. The van der Waals surface area contributed by atoms with Gasteiger partial charge in [0.1, 0.15) is 6.61 Å². The van der Waals surface area contributed by atoms with E-state index < -0.39 is 0 Å². The molecule has 21 heavy (non-hydrogen) atoms. The van der Waals surface area contributed by atoms with Crippen LogP contribution in [-0.2, 0) is 4.74 Å². The van der Waals surface area contributed by atoms with Crippen LogP contribution in [0, 0.1) is 18.8 Å². The van der Waals surface area contributed by atoms with Gasteiger partial charge >= 0.3 is 0 Å². The fourth-order valence-electron chi connectivity index (χ4n) is 2.57. The third kappa shape index (κ3) is 3.63. The molecule has 0 radical (unpaired) electrons. The largest absolute Gasteiger partial charge is 0.384 e. The van der Waals surface area contributed by atoms with Crippen LogP contribution in [0.25, 0.3) is 0 Å². The number of aliphatic hydroxyl groups is 1. The molecule has 4 nitrogen and oxygen atoms in total. The Morgan fingerprint density at radius 2 is 2.14 bits per heavy atom. The van der Waals surface area contributed by atoms with Gasteiger partial charge in [0, 0.05) is 37.4 Å². The van der Waals surface area contributed by atoms with E-state index in [1.807, 2.05) is 37.1 Å². The van der Waals surface area contributed by atoms with Crippen molar-refractivity contribution < 1.29 is 14.6 Å². The molecule has 1 aromatic rings. The topological polar surface area (TPSA) is 49.8 Å². The molecule has 0 aliphatic carbocycles. The lowest BCUT2D eigenvalue weighted by Crippen LogP contribution is -2.40. The van der Waals surface area contributed by atoms with E-state index in [1.54, 1.807) is 0 Å². The summed E-state index contributed by atoms with van der Waals surface area (Å²) in [5.74, 6) is 5.53. The number of hydrogen-bond donors (Lipinski definition) is 1. The minimum atomic E-state index is -0.181. The Bertz CT molecular complexity index is 565. The number of hydrogen-bond acceptors (Lipinski definition) is 3. The Labute approximate surface area is 125 Å². The highest BCUT2D eigenvalue weighted by molar-refractivity contribution is 5.96. The highest BCUT2D eigenvalue weighted by atomic mass is 16.5. The van der Waals surface area contributed by atoms with Crippen LogP contribution in [0.3, 0.4) is 0 Å². The molecule has 1 aliphatic heterocycles. The lowest BCUT2D eigenvalue weighted by atomic mass is 10.00. The molecule has 112 valence electrons. The van der Waals surface area contributed by atoms with E-state index >= 15 is 0 Å². The van der Waals surface area contributed by atoms with Gasteiger partial charge in [0.2, 0.25) is 0 Å². The summed E-state index contributed by atoms with van der Waals surface area (Å²) in [6.07, 6.45) is 1.76. The zero-order chi connectivity index (χ0) is 15.2. The minimum Gasteiger partial charge on any atom is -0.384 e. The van der Waals surface area contributed by atoms with Crippen LogP contribution >= 0.6 is 0 Å². The van der Waals surface area contributed by atoms with E-state index in [0.29, 0.717) is 18.8 Å². The van der Waals surface area contributed by atoms with E-state index in [4.69, 9.17) is 9.84 Å². The number of nitrogens with zero attached hydrogens (tertiary/aromatic N) is 1. The Balaban J connectivity index is 2.22. The van der Waals surface area contributed by atoms with E-state index in [2.05, 4.69) is 11.8 Å². The molecule has 0 spiro atoms. The fraction of sp³-hybridized carbons (Fsp3) is 0.471. The number of carbonyl (C=O) groups is 1. The summed E-state index contributed by atoms with van der Waals surface area (Å²) in [7, 11) is 1.85. The van der Waals surface area contributed by atoms with Crippen LogP contribution in [-0.4, -0.2) is 48.8 Å². The monoisotopic (exact) mass is 287 g/mol. The zero-order valence-electron chi connectivity index (χ0n) is 12.6. The molecule has 0 saturated carbocycles. The van der Waals surface area contributed by atoms with Crippen molar-refractivity contribution >= 4 is 5.91 Å². The highest BCUT2D eigenvalue weighted by Crippen LogP contribution is 2.19. The van der Waals surface area contributed by atoms with Gasteiger partial charge < -0.3 is 14.7 Å². The normalized spacial score (nSPS) is 15.2. The number of rotatable bonds is 2. The number of carbonyl (C=O) groups excluding carboxylic acids is 1. The van der Waals surface area contributed by atoms with Crippen molar-refractivity contribution in [2.24, 2.45) is 0 Å². The maximum absolute atomic E-state index is 12.7. The summed E-state index contributed by atoms with van der Waals surface area (Å²) in [5, 5.41) is 8.79. The second-order valence-electron chi connectivity index (χ2n) is 5.20. The molecule has 1 fully saturated rings. The number of aliphatic hydroxyl groups excluding tert-OH is 1. The molecule has 0 atom stereocenters. The molecule has 1 saturated heterocycles. The fourth-order valence-corrected chi connectivity index (χ4v) is 2.57. The second kappa shape index (κ2) is 7.26. The quantitative estimate of drug-likeness (QED) is 0.840. The van der Waals surface area contributed by atoms with Crippen molar-refractivity contribution in [1.82, 2.24) is 4.90 Å². The Hall–Kier alpha value is -1.83. The van der Waals surface area contributed by atoms with Gasteiger partial charge in [-0.15, -0.1) is 0 Å². The van der Waals surface area contributed by atoms with Gasteiger partial charge in [-0.2, -0.15) is 0 Å². The van der Waals surface area contributed by atoms with Gasteiger partial charge in [-0.1, -0.05) is 17.9 Å². The molecule has 1 amide bonds. The van der Waals surface area contributed by atoms with E-state index in [1.165, 1.54) is 0 Å². The van der Waals surface area contributed by atoms with Gasteiger partial charge in [-0.3, -0.25) is 4.79 Å². The lowest BCUT2D eigenvalue weighted by Gasteiger charge is -2.31. The summed E-state index contributed by atoms with van der Waals surface area (Å²) in [6.45, 7) is 3.14. The van der Waals surface area contributed by atoms with Crippen molar-refractivity contribution in [3.8, 4) is 11.8 Å². The van der Waals surface area contributed by atoms with Gasteiger partial charge in [-0.25, -0.2) is 0 Å². The van der Waals surface area contributed by atoms with Crippen molar-refractivity contribution in [3.05, 3.63) is 34.9 Å². The van der Waals surface area contributed by atoms with E-state index in [0.717, 1.165) is 24.0 Å². The molecular weight excluding hydrogens is 266 g/mol. The maximum Gasteiger partial charge on any atom is 0.254 e. The van der Waals surface area contributed by atoms with E-state index in [-0.39, 0.29) is 18.6 Å². The van der Waals surface area contributed by atoms with Gasteiger partial charge in [0.15, 0.2) is 0 Å². The predicted octanol–water partition coefficient (Wildman–Crippen LogP) is 1.59. The Morgan fingerprint density at radius 3 is 2.81 bits per heavy atom. The van der Waals surface area contributed by atoms with E-state index in [9.17, 15) is 4.79 Å². The summed E-state index contributed by atoms with van der Waals surface area (Å²) >= 11 is 0. The summed E-state index contributed by atoms with van der Waals surface area (Å²) in [4.78, 5) is 14.5. The average molecular weight is 287 g/mol. The summed E-state index contributed by atoms with van der Waals surface area (Å²) in [5.41, 5.74) is 2.33. The second-order valence-corrected chi connectivity index (χ2v) is 5.20. The average Bonchev–Trinajstić information content (AvgIpc) is 2.53. The lowest BCUT2D eigenvalue weighted by molar-refractivity contribution is 0.0361. The summed E-state index contributed by atoms with van der Waals surface area (Å²) in [6, 6.07) is 5.76. The third-order valence-electron chi connectivity index (χ3n) is 3.93. The van der Waals surface area contributed by atoms with Crippen LogP contribution in [0.1, 0.15) is 34.3 Å². The predicted molar refractivity (Wildman–Crippen MR) is 81.1 cm³/mol. The molecule has 4 heteroatoms. The Morgan fingerprint density at radius 1 is 1.43 bits per heavy atom. The molecule has 0 aromatic heterocycles. The van der Waals surface area contributed by atoms with Crippen LogP contribution in [0.5, 0.6) is 0 Å². The maximum atomic E-state index is 12.7.